The standard InChI is InChI=1S/C12H11N3O2S/c1-8-3-2-4-9(7-8)18-12-10(15(16)17)5-6-11(13)14-12/h2-7H,1H3,(H2,13,14). The molecular formula is C12H11N3O2S. The van der Waals surface area contributed by atoms with Crippen LogP contribution in [0.25, 0.3) is 0 Å². The summed E-state index contributed by atoms with van der Waals surface area (Å²) in [7, 11) is 0. The summed E-state index contributed by atoms with van der Waals surface area (Å²) in [6, 6.07) is 10.5. The molecule has 0 saturated heterocycles. The molecule has 5 nitrogen and oxygen atoms in total. The molecule has 1 aromatic heterocycles. The van der Waals surface area contributed by atoms with E-state index in [2.05, 4.69) is 4.98 Å². The Labute approximate surface area is 108 Å². The Morgan fingerprint density at radius 2 is 2.11 bits per heavy atom. The molecule has 0 saturated carbocycles. The quantitative estimate of drug-likeness (QED) is 0.678. The highest BCUT2D eigenvalue weighted by Gasteiger charge is 2.16. The Morgan fingerprint density at radius 3 is 2.78 bits per heavy atom. The van der Waals surface area contributed by atoms with Crippen LogP contribution < -0.4 is 5.73 Å². The van der Waals surface area contributed by atoms with Gasteiger partial charge in [0.15, 0.2) is 5.03 Å². The molecule has 92 valence electrons. The third-order valence-corrected chi connectivity index (χ3v) is 3.25. The van der Waals surface area contributed by atoms with Crippen molar-refractivity contribution in [3.63, 3.8) is 0 Å². The van der Waals surface area contributed by atoms with Gasteiger partial charge in [-0.1, -0.05) is 29.5 Å². The van der Waals surface area contributed by atoms with Gasteiger partial charge in [0, 0.05) is 11.0 Å². The Balaban J connectivity index is 2.39. The van der Waals surface area contributed by atoms with Crippen molar-refractivity contribution in [3.05, 3.63) is 52.1 Å². The third-order valence-electron chi connectivity index (χ3n) is 2.26. The summed E-state index contributed by atoms with van der Waals surface area (Å²) in [5.74, 6) is 0.274. The molecule has 2 N–H and O–H groups in total. The zero-order valence-corrected chi connectivity index (χ0v) is 10.5. The molecule has 0 amide bonds. The largest absolute Gasteiger partial charge is 0.384 e. The van der Waals surface area contributed by atoms with Gasteiger partial charge in [-0.3, -0.25) is 10.1 Å². The zero-order chi connectivity index (χ0) is 13.1. The van der Waals surface area contributed by atoms with Crippen molar-refractivity contribution in [2.24, 2.45) is 0 Å². The van der Waals surface area contributed by atoms with Gasteiger partial charge in [0.25, 0.3) is 0 Å². The number of anilines is 1. The molecule has 0 aliphatic rings. The topological polar surface area (TPSA) is 82.0 Å². The van der Waals surface area contributed by atoms with Gasteiger partial charge in [0.05, 0.1) is 4.92 Å². The fourth-order valence-corrected chi connectivity index (χ4v) is 2.46. The molecule has 0 aliphatic carbocycles. The highest BCUT2D eigenvalue weighted by atomic mass is 32.2. The van der Waals surface area contributed by atoms with Crippen molar-refractivity contribution >= 4 is 23.3 Å². The molecule has 18 heavy (non-hydrogen) atoms. The maximum absolute atomic E-state index is 10.9. The first-order valence-electron chi connectivity index (χ1n) is 5.21. The average molecular weight is 261 g/mol. The van der Waals surface area contributed by atoms with Gasteiger partial charge in [-0.05, 0) is 25.1 Å². The van der Waals surface area contributed by atoms with Gasteiger partial charge >= 0.3 is 5.69 Å². The van der Waals surface area contributed by atoms with Crippen LogP contribution >= 0.6 is 11.8 Å². The normalized spacial score (nSPS) is 10.3. The second-order valence-corrected chi connectivity index (χ2v) is 4.80. The molecule has 2 rings (SSSR count). The minimum absolute atomic E-state index is 0.0318. The number of nitrogen functional groups attached to an aromatic ring is 1. The number of aryl methyl sites for hydroxylation is 1. The van der Waals surface area contributed by atoms with Crippen LogP contribution in [-0.2, 0) is 0 Å². The third kappa shape index (κ3) is 2.78. The van der Waals surface area contributed by atoms with E-state index >= 15 is 0 Å². The minimum atomic E-state index is -0.454. The van der Waals surface area contributed by atoms with E-state index in [-0.39, 0.29) is 11.5 Å². The number of rotatable bonds is 3. The van der Waals surface area contributed by atoms with Gasteiger partial charge in [-0.25, -0.2) is 4.98 Å². The zero-order valence-electron chi connectivity index (χ0n) is 9.66. The van der Waals surface area contributed by atoms with Crippen LogP contribution in [0.15, 0.2) is 46.3 Å². The number of hydrogen-bond donors (Lipinski definition) is 1. The molecule has 0 spiro atoms. The highest BCUT2D eigenvalue weighted by Crippen LogP contribution is 2.33. The number of nitrogens with two attached hydrogens (primary N) is 1. The molecule has 2 aromatic rings. The first-order chi connectivity index (χ1) is 8.56. The Kier molecular flexibility index (Phi) is 3.47. The Morgan fingerprint density at radius 1 is 1.33 bits per heavy atom. The van der Waals surface area contributed by atoms with Gasteiger partial charge in [0.2, 0.25) is 0 Å². The summed E-state index contributed by atoms with van der Waals surface area (Å²) < 4.78 is 0. The number of pyridine rings is 1. The molecule has 0 bridgehead atoms. The number of nitro groups is 1. The lowest BCUT2D eigenvalue weighted by atomic mass is 10.2. The predicted octanol–water partition coefficient (Wildman–Crippen LogP) is 3.03. The summed E-state index contributed by atoms with van der Waals surface area (Å²) in [5, 5.41) is 11.2. The number of nitrogens with zero attached hydrogens (tertiary/aromatic N) is 2. The maximum atomic E-state index is 10.9. The molecule has 1 heterocycles. The van der Waals surface area contributed by atoms with E-state index < -0.39 is 4.92 Å². The fraction of sp³-hybridized carbons (Fsp3) is 0.0833. The second kappa shape index (κ2) is 5.05. The van der Waals surface area contributed by atoms with Crippen LogP contribution in [0.4, 0.5) is 11.5 Å². The SMILES string of the molecule is Cc1cccc(Sc2nc(N)ccc2[N+](=O)[O-])c1. The molecular weight excluding hydrogens is 250 g/mol. The molecule has 0 unspecified atom stereocenters. The smallest absolute Gasteiger partial charge is 0.301 e. The first kappa shape index (κ1) is 12.4. The molecule has 1 aromatic carbocycles. The predicted molar refractivity (Wildman–Crippen MR) is 70.6 cm³/mol. The van der Waals surface area contributed by atoms with Gasteiger partial charge in [-0.15, -0.1) is 0 Å². The van der Waals surface area contributed by atoms with Crippen molar-refractivity contribution in [2.75, 3.05) is 5.73 Å². The average Bonchev–Trinajstić information content (AvgIpc) is 2.28. The second-order valence-electron chi connectivity index (χ2n) is 3.74. The molecule has 6 heteroatoms. The van der Waals surface area contributed by atoms with Crippen molar-refractivity contribution in [1.29, 1.82) is 0 Å². The fourth-order valence-electron chi connectivity index (χ4n) is 1.45. The monoisotopic (exact) mass is 261 g/mol. The summed E-state index contributed by atoms with van der Waals surface area (Å²) in [4.78, 5) is 15.4. The number of benzene rings is 1. The number of hydrogen-bond acceptors (Lipinski definition) is 5. The first-order valence-corrected chi connectivity index (χ1v) is 6.03. The lowest BCUT2D eigenvalue weighted by molar-refractivity contribution is -0.388. The summed E-state index contributed by atoms with van der Waals surface area (Å²) in [5.41, 5.74) is 6.62. The van der Waals surface area contributed by atoms with E-state index in [1.807, 2.05) is 31.2 Å². The van der Waals surface area contributed by atoms with E-state index in [1.165, 1.54) is 23.9 Å². The van der Waals surface area contributed by atoms with Gasteiger partial charge in [-0.2, -0.15) is 0 Å². The summed E-state index contributed by atoms with van der Waals surface area (Å²) in [6.07, 6.45) is 0. The van der Waals surface area contributed by atoms with Crippen molar-refractivity contribution in [2.45, 2.75) is 16.8 Å². The van der Waals surface area contributed by atoms with E-state index in [1.54, 1.807) is 0 Å². The van der Waals surface area contributed by atoms with Crippen LogP contribution in [0.1, 0.15) is 5.56 Å². The highest BCUT2D eigenvalue weighted by molar-refractivity contribution is 7.99. The van der Waals surface area contributed by atoms with E-state index in [0.717, 1.165) is 10.5 Å². The Bertz CT molecular complexity index is 602. The van der Waals surface area contributed by atoms with Crippen molar-refractivity contribution in [3.8, 4) is 0 Å². The molecule has 0 atom stereocenters. The molecule has 0 fully saturated rings. The van der Waals surface area contributed by atoms with E-state index in [4.69, 9.17) is 5.73 Å². The lowest BCUT2D eigenvalue weighted by Gasteiger charge is -2.03. The number of aromatic nitrogens is 1. The van der Waals surface area contributed by atoms with Crippen LogP contribution in [0.5, 0.6) is 0 Å². The van der Waals surface area contributed by atoms with Crippen LogP contribution in [0.2, 0.25) is 0 Å². The van der Waals surface area contributed by atoms with Crippen molar-refractivity contribution in [1.82, 2.24) is 4.98 Å². The van der Waals surface area contributed by atoms with E-state index in [9.17, 15) is 10.1 Å². The van der Waals surface area contributed by atoms with Crippen LogP contribution in [0, 0.1) is 17.0 Å². The summed E-state index contributed by atoms with van der Waals surface area (Å²) in [6.45, 7) is 1.96. The van der Waals surface area contributed by atoms with Crippen LogP contribution in [0.3, 0.4) is 0 Å². The lowest BCUT2D eigenvalue weighted by Crippen LogP contribution is -1.97. The molecule has 0 radical (unpaired) electrons. The van der Waals surface area contributed by atoms with Crippen LogP contribution in [-0.4, -0.2) is 9.91 Å². The molecule has 0 aliphatic heterocycles. The minimum Gasteiger partial charge on any atom is -0.384 e. The van der Waals surface area contributed by atoms with E-state index in [0.29, 0.717) is 5.03 Å². The Hall–Kier alpha value is -2.08. The van der Waals surface area contributed by atoms with Gasteiger partial charge < -0.3 is 5.73 Å². The summed E-state index contributed by atoms with van der Waals surface area (Å²) >= 11 is 1.24. The van der Waals surface area contributed by atoms with Crippen molar-refractivity contribution < 1.29 is 4.92 Å². The van der Waals surface area contributed by atoms with Gasteiger partial charge in [0.1, 0.15) is 5.82 Å². The maximum Gasteiger partial charge on any atom is 0.301 e.